The van der Waals surface area contributed by atoms with Gasteiger partial charge in [-0.1, -0.05) is 0 Å². The highest BCUT2D eigenvalue weighted by Crippen LogP contribution is 2.38. The van der Waals surface area contributed by atoms with Gasteiger partial charge in [0.05, 0.1) is 0 Å². The number of carbonyl (C=O) groups excluding carboxylic acids is 1. The summed E-state index contributed by atoms with van der Waals surface area (Å²) in [4.78, 5) is 17.2. The summed E-state index contributed by atoms with van der Waals surface area (Å²) in [6.45, 7) is 5.16. The number of hydrogen-bond acceptors (Lipinski definition) is 4. The van der Waals surface area contributed by atoms with E-state index in [4.69, 9.17) is 0 Å². The SMILES string of the molecule is O=C1c2ccc(O)cc2CCN1c1ccc(N2CC[C@]3(CCNC3)C2)cc1. The van der Waals surface area contributed by atoms with Crippen molar-refractivity contribution in [2.75, 3.05) is 42.5 Å². The quantitative estimate of drug-likeness (QED) is 0.862. The smallest absolute Gasteiger partial charge is 0.258 e. The first-order valence-electron chi connectivity index (χ1n) is 9.83. The molecule has 5 heteroatoms. The van der Waals surface area contributed by atoms with Gasteiger partial charge in [-0.25, -0.2) is 0 Å². The molecular weight excluding hydrogens is 338 g/mol. The number of rotatable bonds is 2. The van der Waals surface area contributed by atoms with E-state index in [1.165, 1.54) is 18.5 Å². The standard InChI is InChI=1S/C22H25N3O2/c26-19-5-6-20-16(13-19)7-11-25(21(20)27)18-3-1-17(2-4-18)24-12-9-22(15-24)8-10-23-14-22/h1-6,13,23,26H,7-12,14-15H2/t22-/m0/s1. The molecule has 2 N–H and O–H groups in total. The van der Waals surface area contributed by atoms with Crippen LogP contribution in [0.2, 0.25) is 0 Å². The summed E-state index contributed by atoms with van der Waals surface area (Å²) in [5, 5.41) is 13.1. The summed E-state index contributed by atoms with van der Waals surface area (Å²) in [5.41, 5.74) is 4.27. The van der Waals surface area contributed by atoms with Crippen molar-refractivity contribution in [1.82, 2.24) is 5.32 Å². The van der Waals surface area contributed by atoms with Gasteiger partial charge in [0.25, 0.3) is 5.91 Å². The lowest BCUT2D eigenvalue weighted by Gasteiger charge is -2.29. The normalized spacial score (nSPS) is 24.7. The van der Waals surface area contributed by atoms with Crippen LogP contribution in [0.5, 0.6) is 5.75 Å². The summed E-state index contributed by atoms with van der Waals surface area (Å²) in [5.74, 6) is 0.237. The van der Waals surface area contributed by atoms with Crippen molar-refractivity contribution >= 4 is 17.3 Å². The predicted octanol–water partition coefficient (Wildman–Crippen LogP) is 2.78. The first-order valence-corrected chi connectivity index (χ1v) is 9.83. The lowest BCUT2D eigenvalue weighted by molar-refractivity contribution is 0.0980. The minimum absolute atomic E-state index is 0.0150. The molecule has 0 radical (unpaired) electrons. The summed E-state index contributed by atoms with van der Waals surface area (Å²) < 4.78 is 0. The summed E-state index contributed by atoms with van der Waals surface area (Å²) in [6.07, 6.45) is 3.30. The molecule has 2 aromatic carbocycles. The molecule has 3 aliphatic heterocycles. The zero-order valence-electron chi connectivity index (χ0n) is 15.4. The van der Waals surface area contributed by atoms with Crippen molar-refractivity contribution in [3.8, 4) is 5.75 Å². The molecule has 5 nitrogen and oxygen atoms in total. The number of nitrogens with zero attached hydrogens (tertiary/aromatic N) is 2. The molecule has 3 heterocycles. The number of phenolic OH excluding ortho intramolecular Hbond substituents is 1. The zero-order chi connectivity index (χ0) is 18.4. The molecule has 1 spiro atoms. The second-order valence-corrected chi connectivity index (χ2v) is 8.16. The average Bonchev–Trinajstić information content (AvgIpc) is 3.32. The Morgan fingerprint density at radius 1 is 1.00 bits per heavy atom. The largest absolute Gasteiger partial charge is 0.508 e. The first-order chi connectivity index (χ1) is 13.1. The number of carbonyl (C=O) groups is 1. The van der Waals surface area contributed by atoms with Gasteiger partial charge >= 0.3 is 0 Å². The molecular formula is C22H25N3O2. The van der Waals surface area contributed by atoms with Crippen molar-refractivity contribution < 1.29 is 9.90 Å². The van der Waals surface area contributed by atoms with E-state index in [2.05, 4.69) is 34.5 Å². The topological polar surface area (TPSA) is 55.8 Å². The van der Waals surface area contributed by atoms with Crippen LogP contribution in [-0.4, -0.2) is 43.7 Å². The number of anilines is 2. The van der Waals surface area contributed by atoms with Crippen LogP contribution in [0.25, 0.3) is 0 Å². The van der Waals surface area contributed by atoms with E-state index in [9.17, 15) is 9.90 Å². The zero-order valence-corrected chi connectivity index (χ0v) is 15.4. The lowest BCUT2D eigenvalue weighted by atomic mass is 9.86. The molecule has 1 atom stereocenters. The van der Waals surface area contributed by atoms with Crippen molar-refractivity contribution in [2.24, 2.45) is 5.41 Å². The number of aromatic hydroxyl groups is 1. The van der Waals surface area contributed by atoms with Crippen LogP contribution in [0.15, 0.2) is 42.5 Å². The molecule has 1 amide bonds. The molecule has 2 saturated heterocycles. The Balaban J connectivity index is 1.34. The Morgan fingerprint density at radius 2 is 1.81 bits per heavy atom. The van der Waals surface area contributed by atoms with E-state index in [1.807, 2.05) is 4.90 Å². The van der Waals surface area contributed by atoms with Gasteiger partial charge in [0.2, 0.25) is 0 Å². The van der Waals surface area contributed by atoms with Crippen molar-refractivity contribution in [3.63, 3.8) is 0 Å². The van der Waals surface area contributed by atoms with Crippen LogP contribution >= 0.6 is 0 Å². The predicted molar refractivity (Wildman–Crippen MR) is 107 cm³/mol. The summed E-state index contributed by atoms with van der Waals surface area (Å²) in [6, 6.07) is 13.5. The van der Waals surface area contributed by atoms with Gasteiger partial charge < -0.3 is 20.2 Å². The van der Waals surface area contributed by atoms with Gasteiger partial charge in [0, 0.05) is 48.5 Å². The Bertz CT molecular complexity index is 872. The highest BCUT2D eigenvalue weighted by molar-refractivity contribution is 6.08. The van der Waals surface area contributed by atoms with Gasteiger partial charge in [-0.05, 0) is 73.8 Å². The van der Waals surface area contributed by atoms with Gasteiger partial charge in [-0.2, -0.15) is 0 Å². The second kappa shape index (κ2) is 6.27. The second-order valence-electron chi connectivity index (χ2n) is 8.16. The minimum Gasteiger partial charge on any atom is -0.508 e. The monoisotopic (exact) mass is 363 g/mol. The molecule has 5 rings (SSSR count). The summed E-state index contributed by atoms with van der Waals surface area (Å²) >= 11 is 0. The number of fused-ring (bicyclic) bond motifs is 1. The average molecular weight is 363 g/mol. The van der Waals surface area contributed by atoms with E-state index >= 15 is 0 Å². The molecule has 0 saturated carbocycles. The molecule has 2 fully saturated rings. The lowest BCUT2D eigenvalue weighted by Crippen LogP contribution is -2.37. The maximum absolute atomic E-state index is 12.9. The summed E-state index contributed by atoms with van der Waals surface area (Å²) in [7, 11) is 0. The first kappa shape index (κ1) is 16.6. The number of benzene rings is 2. The van der Waals surface area contributed by atoms with Gasteiger partial charge in [-0.15, -0.1) is 0 Å². The third-order valence-corrected chi connectivity index (χ3v) is 6.47. The van der Waals surface area contributed by atoms with E-state index in [1.54, 1.807) is 18.2 Å². The number of hydrogen-bond donors (Lipinski definition) is 2. The van der Waals surface area contributed by atoms with Crippen LogP contribution < -0.4 is 15.1 Å². The third kappa shape index (κ3) is 2.86. The van der Waals surface area contributed by atoms with Gasteiger partial charge in [0.15, 0.2) is 0 Å². The van der Waals surface area contributed by atoms with Crippen LogP contribution in [0.4, 0.5) is 11.4 Å². The van der Waals surface area contributed by atoms with E-state index in [0.29, 0.717) is 17.5 Å². The molecule has 0 aliphatic carbocycles. The molecule has 27 heavy (non-hydrogen) atoms. The Labute approximate surface area is 159 Å². The fourth-order valence-electron chi connectivity index (χ4n) is 4.86. The molecule has 2 aromatic rings. The highest BCUT2D eigenvalue weighted by Gasteiger charge is 2.40. The molecule has 0 unspecified atom stereocenters. The Hall–Kier alpha value is -2.53. The van der Waals surface area contributed by atoms with E-state index < -0.39 is 0 Å². The Morgan fingerprint density at radius 3 is 2.59 bits per heavy atom. The van der Waals surface area contributed by atoms with Gasteiger partial charge in [-0.3, -0.25) is 4.79 Å². The van der Waals surface area contributed by atoms with E-state index in [-0.39, 0.29) is 11.7 Å². The minimum atomic E-state index is 0.0150. The fourth-order valence-corrected chi connectivity index (χ4v) is 4.86. The maximum atomic E-state index is 12.9. The van der Waals surface area contributed by atoms with E-state index in [0.717, 1.165) is 43.9 Å². The molecule has 3 aliphatic rings. The molecule has 0 bridgehead atoms. The van der Waals surface area contributed by atoms with Gasteiger partial charge in [0.1, 0.15) is 5.75 Å². The number of phenols is 1. The Kier molecular flexibility index (Phi) is 3.86. The third-order valence-electron chi connectivity index (χ3n) is 6.47. The van der Waals surface area contributed by atoms with Crippen molar-refractivity contribution in [1.29, 1.82) is 0 Å². The molecule has 140 valence electrons. The fraction of sp³-hybridized carbons (Fsp3) is 0.409. The van der Waals surface area contributed by atoms with Crippen LogP contribution in [0.1, 0.15) is 28.8 Å². The number of amides is 1. The van der Waals surface area contributed by atoms with Crippen LogP contribution in [0.3, 0.4) is 0 Å². The molecule has 0 aromatic heterocycles. The highest BCUT2D eigenvalue weighted by atomic mass is 16.3. The van der Waals surface area contributed by atoms with Crippen molar-refractivity contribution in [2.45, 2.75) is 19.3 Å². The van der Waals surface area contributed by atoms with Crippen molar-refractivity contribution in [3.05, 3.63) is 53.6 Å². The van der Waals surface area contributed by atoms with Crippen LogP contribution in [-0.2, 0) is 6.42 Å². The maximum Gasteiger partial charge on any atom is 0.258 e. The number of nitrogens with one attached hydrogen (secondary N) is 1. The van der Waals surface area contributed by atoms with Crippen LogP contribution in [0, 0.1) is 5.41 Å².